The van der Waals surface area contributed by atoms with Gasteiger partial charge in [-0.05, 0) is 71.3 Å². The van der Waals surface area contributed by atoms with Crippen LogP contribution < -0.4 is 16.0 Å². The number of hydrogen-bond acceptors (Lipinski definition) is 5. The number of aromatic amines is 1. The maximum absolute atomic E-state index is 13.2. The topological polar surface area (TPSA) is 125 Å². The zero-order valence-electron chi connectivity index (χ0n) is 22.1. The van der Waals surface area contributed by atoms with Gasteiger partial charge in [0.25, 0.3) is 0 Å². The number of amides is 3. The molecule has 2 aliphatic rings. The normalized spacial score (nSPS) is 22.5. The Morgan fingerprint density at radius 1 is 1.08 bits per heavy atom. The van der Waals surface area contributed by atoms with Crippen molar-refractivity contribution in [2.45, 2.75) is 83.8 Å². The molecular formula is C28H39N5O4. The van der Waals surface area contributed by atoms with Crippen LogP contribution in [0.1, 0.15) is 84.0 Å². The fourth-order valence-corrected chi connectivity index (χ4v) is 5.05. The Balaban J connectivity index is 1.35. The summed E-state index contributed by atoms with van der Waals surface area (Å²) in [5, 5.41) is 9.10. The molecule has 2 aromatic rings. The standard InChI is InChI=1S/C28H39N5O4/c1-28(2,3)37-27(36)30-16-18-12-14-19(15-13-18)26(35)33-22-10-6-7-11-24(34)31-21-9-5-4-8-20(21)23-17-29-25(22)32-23/h4-5,8-9,17-19,22H,6-7,10-16H2,1-3H3,(H,29,32)(H,30,36)(H,31,34)(H,33,35)/t18?,19?,22-/m0/s1. The third-order valence-electron chi connectivity index (χ3n) is 7.02. The number of rotatable bonds is 4. The molecule has 37 heavy (non-hydrogen) atoms. The molecule has 200 valence electrons. The van der Waals surface area contributed by atoms with Crippen molar-refractivity contribution in [1.29, 1.82) is 0 Å². The van der Waals surface area contributed by atoms with E-state index in [9.17, 15) is 14.4 Å². The van der Waals surface area contributed by atoms with E-state index in [0.29, 0.717) is 25.3 Å². The molecule has 1 saturated carbocycles. The van der Waals surface area contributed by atoms with E-state index in [2.05, 4.69) is 20.9 Å². The van der Waals surface area contributed by atoms with E-state index in [1.54, 1.807) is 0 Å². The molecule has 0 radical (unpaired) electrons. The first kappa shape index (κ1) is 26.7. The molecular weight excluding hydrogens is 470 g/mol. The van der Waals surface area contributed by atoms with Crippen molar-refractivity contribution in [1.82, 2.24) is 20.6 Å². The third-order valence-corrected chi connectivity index (χ3v) is 7.02. The lowest BCUT2D eigenvalue weighted by Crippen LogP contribution is -2.39. The van der Waals surface area contributed by atoms with Crippen LogP contribution in [0.4, 0.5) is 10.5 Å². The number of alkyl carbamates (subject to hydrolysis) is 1. The fraction of sp³-hybridized carbons (Fsp3) is 0.571. The minimum Gasteiger partial charge on any atom is -0.444 e. The van der Waals surface area contributed by atoms with E-state index in [0.717, 1.165) is 61.3 Å². The average molecular weight is 510 g/mol. The highest BCUT2D eigenvalue weighted by atomic mass is 16.6. The molecule has 1 aromatic heterocycles. The van der Waals surface area contributed by atoms with Crippen molar-refractivity contribution in [3.63, 3.8) is 0 Å². The van der Waals surface area contributed by atoms with Gasteiger partial charge in [-0.15, -0.1) is 0 Å². The number of nitrogens with zero attached hydrogens (tertiary/aromatic N) is 1. The predicted octanol–water partition coefficient (Wildman–Crippen LogP) is 5.08. The molecule has 3 amide bonds. The van der Waals surface area contributed by atoms with Crippen LogP contribution in [0, 0.1) is 11.8 Å². The number of anilines is 1. The second kappa shape index (κ2) is 11.8. The third kappa shape index (κ3) is 7.57. The SMILES string of the molecule is CC(C)(C)OC(=O)NCC1CCC(C(=O)N[C@H]2CCCCC(=O)Nc3ccccc3-c3c[nH]c2n3)CC1. The summed E-state index contributed by atoms with van der Waals surface area (Å²) in [6, 6.07) is 7.40. The second-order valence-electron chi connectivity index (χ2n) is 11.2. The number of aromatic nitrogens is 2. The van der Waals surface area contributed by atoms with Crippen LogP contribution >= 0.6 is 0 Å². The number of benzene rings is 1. The number of hydrogen-bond donors (Lipinski definition) is 4. The van der Waals surface area contributed by atoms with E-state index >= 15 is 0 Å². The first-order valence-corrected chi connectivity index (χ1v) is 13.4. The van der Waals surface area contributed by atoms with Crippen molar-refractivity contribution < 1.29 is 19.1 Å². The number of fused-ring (bicyclic) bond motifs is 4. The van der Waals surface area contributed by atoms with E-state index in [1.165, 1.54) is 0 Å². The van der Waals surface area contributed by atoms with Gasteiger partial charge in [-0.2, -0.15) is 0 Å². The number of imidazole rings is 1. The van der Waals surface area contributed by atoms with Crippen molar-refractivity contribution in [3.8, 4) is 11.3 Å². The first-order valence-electron chi connectivity index (χ1n) is 13.4. The number of carbonyl (C=O) groups is 3. The fourth-order valence-electron chi connectivity index (χ4n) is 5.05. The minimum absolute atomic E-state index is 0.0118. The molecule has 4 rings (SSSR count). The summed E-state index contributed by atoms with van der Waals surface area (Å²) in [7, 11) is 0. The van der Waals surface area contributed by atoms with Crippen LogP contribution in [0.3, 0.4) is 0 Å². The van der Waals surface area contributed by atoms with Gasteiger partial charge < -0.3 is 25.7 Å². The molecule has 2 bridgehead atoms. The van der Waals surface area contributed by atoms with E-state index in [1.807, 2.05) is 51.2 Å². The smallest absolute Gasteiger partial charge is 0.407 e. The lowest BCUT2D eigenvalue weighted by Gasteiger charge is -2.29. The Bertz CT molecular complexity index is 1100. The Morgan fingerprint density at radius 3 is 2.59 bits per heavy atom. The summed E-state index contributed by atoms with van der Waals surface area (Å²) in [5.74, 6) is 1.06. The highest BCUT2D eigenvalue weighted by Crippen LogP contribution is 2.32. The number of carbonyl (C=O) groups excluding carboxylic acids is 3. The molecule has 1 fully saturated rings. The summed E-state index contributed by atoms with van der Waals surface area (Å²) >= 11 is 0. The molecule has 1 atom stereocenters. The molecule has 0 unspecified atom stereocenters. The van der Waals surface area contributed by atoms with Gasteiger partial charge in [0.15, 0.2) is 0 Å². The van der Waals surface area contributed by atoms with Gasteiger partial charge in [0, 0.05) is 30.6 Å². The Hall–Kier alpha value is -3.36. The van der Waals surface area contributed by atoms with Crippen LogP contribution in [0.25, 0.3) is 11.3 Å². The zero-order valence-corrected chi connectivity index (χ0v) is 22.1. The van der Waals surface area contributed by atoms with Gasteiger partial charge in [-0.1, -0.05) is 24.6 Å². The number of para-hydroxylation sites is 1. The predicted molar refractivity (Wildman–Crippen MR) is 142 cm³/mol. The summed E-state index contributed by atoms with van der Waals surface area (Å²) in [5.41, 5.74) is 1.81. The minimum atomic E-state index is -0.516. The zero-order chi connectivity index (χ0) is 26.4. The number of nitrogens with one attached hydrogen (secondary N) is 4. The summed E-state index contributed by atoms with van der Waals surface area (Å²) in [4.78, 5) is 45.7. The number of H-pyrrole nitrogens is 1. The van der Waals surface area contributed by atoms with Crippen LogP contribution in [-0.2, 0) is 14.3 Å². The first-order chi connectivity index (χ1) is 17.7. The highest BCUT2D eigenvalue weighted by molar-refractivity contribution is 5.95. The van der Waals surface area contributed by atoms with Gasteiger partial charge >= 0.3 is 6.09 Å². The monoisotopic (exact) mass is 509 g/mol. The highest BCUT2D eigenvalue weighted by Gasteiger charge is 2.29. The molecule has 2 heterocycles. The largest absolute Gasteiger partial charge is 0.444 e. The summed E-state index contributed by atoms with van der Waals surface area (Å²) in [6.07, 6.45) is 7.48. The van der Waals surface area contributed by atoms with Gasteiger partial charge in [-0.25, -0.2) is 9.78 Å². The van der Waals surface area contributed by atoms with Gasteiger partial charge in [0.1, 0.15) is 11.4 Å². The Morgan fingerprint density at radius 2 is 1.84 bits per heavy atom. The molecule has 1 aromatic carbocycles. The molecule has 1 aliphatic heterocycles. The van der Waals surface area contributed by atoms with Crippen molar-refractivity contribution in [3.05, 3.63) is 36.3 Å². The average Bonchev–Trinajstić information content (AvgIpc) is 3.34. The van der Waals surface area contributed by atoms with Gasteiger partial charge in [0.2, 0.25) is 11.8 Å². The van der Waals surface area contributed by atoms with E-state index < -0.39 is 11.7 Å². The Kier molecular flexibility index (Phi) is 8.51. The van der Waals surface area contributed by atoms with Gasteiger partial charge in [-0.3, -0.25) is 9.59 Å². The molecule has 9 nitrogen and oxygen atoms in total. The van der Waals surface area contributed by atoms with Crippen LogP contribution in [0.15, 0.2) is 30.5 Å². The molecule has 0 saturated heterocycles. The molecule has 9 heteroatoms. The lowest BCUT2D eigenvalue weighted by atomic mass is 9.81. The quantitative estimate of drug-likeness (QED) is 0.458. The van der Waals surface area contributed by atoms with Crippen molar-refractivity contribution in [2.24, 2.45) is 11.8 Å². The Labute approximate surface area is 218 Å². The molecule has 1 aliphatic carbocycles. The second-order valence-corrected chi connectivity index (χ2v) is 11.2. The van der Waals surface area contributed by atoms with Crippen molar-refractivity contribution >= 4 is 23.6 Å². The summed E-state index contributed by atoms with van der Waals surface area (Å²) < 4.78 is 5.31. The molecule has 4 N–H and O–H groups in total. The van der Waals surface area contributed by atoms with Crippen molar-refractivity contribution in [2.75, 3.05) is 11.9 Å². The summed E-state index contributed by atoms with van der Waals surface area (Å²) in [6.45, 7) is 6.10. The van der Waals surface area contributed by atoms with Crippen LogP contribution in [0.2, 0.25) is 0 Å². The van der Waals surface area contributed by atoms with Crippen LogP contribution in [0.5, 0.6) is 0 Å². The molecule has 0 spiro atoms. The maximum atomic E-state index is 13.2. The maximum Gasteiger partial charge on any atom is 0.407 e. The lowest BCUT2D eigenvalue weighted by molar-refractivity contribution is -0.127. The van der Waals surface area contributed by atoms with E-state index in [4.69, 9.17) is 9.72 Å². The van der Waals surface area contributed by atoms with Gasteiger partial charge in [0.05, 0.1) is 17.4 Å². The van der Waals surface area contributed by atoms with E-state index in [-0.39, 0.29) is 23.8 Å². The van der Waals surface area contributed by atoms with Crippen LogP contribution in [-0.4, -0.2) is 40.0 Å². The number of ether oxygens (including phenoxy) is 1.